The summed E-state index contributed by atoms with van der Waals surface area (Å²) in [6.07, 6.45) is 5.42. The molecule has 0 aliphatic heterocycles. The first-order chi connectivity index (χ1) is 11.6. The van der Waals surface area contributed by atoms with E-state index in [1.807, 2.05) is 0 Å². The number of ketones is 2. The van der Waals surface area contributed by atoms with Crippen molar-refractivity contribution < 1.29 is 9.59 Å². The van der Waals surface area contributed by atoms with Crippen LogP contribution < -0.4 is 0 Å². The van der Waals surface area contributed by atoms with Crippen LogP contribution in [0.3, 0.4) is 0 Å². The van der Waals surface area contributed by atoms with E-state index in [0.717, 1.165) is 42.4 Å². The Morgan fingerprint density at radius 2 is 1.88 bits per heavy atom. The van der Waals surface area contributed by atoms with Crippen molar-refractivity contribution in [3.63, 3.8) is 0 Å². The molecule has 3 saturated carbocycles. The standard InChI is InChI=1S/C22H27ClO2/c1-11-10-16(24)20(23)19-13(3)12(2)18-14-6-7-17(25)21(14,4)9-8-15(18)22(11,19)5/h10,12,14-15,18H,3,6-9H2,1-2,4-5H3/t12?,14-,15-,18-,21-,22+/m0/s1. The zero-order chi connectivity index (χ0) is 18.3. The molecule has 0 aromatic heterocycles. The highest BCUT2D eigenvalue weighted by Crippen LogP contribution is 2.67. The molecule has 0 saturated heterocycles. The third-order valence-electron chi connectivity index (χ3n) is 8.35. The maximum absolute atomic E-state index is 12.6. The average Bonchev–Trinajstić information content (AvgIpc) is 2.86. The van der Waals surface area contributed by atoms with E-state index in [2.05, 4.69) is 34.3 Å². The molecule has 25 heavy (non-hydrogen) atoms. The Hall–Kier alpha value is -1.15. The summed E-state index contributed by atoms with van der Waals surface area (Å²) >= 11 is 6.52. The van der Waals surface area contributed by atoms with Gasteiger partial charge < -0.3 is 0 Å². The van der Waals surface area contributed by atoms with Crippen LogP contribution in [0.15, 0.2) is 34.4 Å². The Labute approximate surface area is 155 Å². The summed E-state index contributed by atoms with van der Waals surface area (Å²) < 4.78 is 0. The van der Waals surface area contributed by atoms with Gasteiger partial charge >= 0.3 is 0 Å². The fraction of sp³-hybridized carbons (Fsp3) is 0.636. The van der Waals surface area contributed by atoms with Gasteiger partial charge in [-0.25, -0.2) is 0 Å². The van der Waals surface area contributed by atoms with E-state index in [1.54, 1.807) is 6.08 Å². The maximum atomic E-state index is 12.6. The quantitative estimate of drug-likeness (QED) is 0.594. The van der Waals surface area contributed by atoms with E-state index in [0.29, 0.717) is 28.6 Å². The lowest BCUT2D eigenvalue weighted by molar-refractivity contribution is -0.132. The molecule has 0 aromatic rings. The van der Waals surface area contributed by atoms with Crippen LogP contribution in [0.25, 0.3) is 0 Å². The summed E-state index contributed by atoms with van der Waals surface area (Å²) in [6.45, 7) is 13.1. The van der Waals surface area contributed by atoms with Gasteiger partial charge in [0.15, 0.2) is 5.78 Å². The van der Waals surface area contributed by atoms with Gasteiger partial charge in [0.05, 0.1) is 5.03 Å². The molecule has 0 spiro atoms. The first kappa shape index (κ1) is 17.3. The van der Waals surface area contributed by atoms with Crippen molar-refractivity contribution in [2.45, 2.75) is 53.4 Å². The highest BCUT2D eigenvalue weighted by Gasteiger charge is 2.62. The highest BCUT2D eigenvalue weighted by molar-refractivity contribution is 6.45. The number of rotatable bonds is 0. The molecule has 4 rings (SSSR count). The SMILES string of the molecule is C=C1C2=C(Cl)C(=O)C=C(C)[C@]2(C)[C@H]2CC[C@]3(C)C(=O)CC[C@H]3[C@@H]2C1C. The lowest BCUT2D eigenvalue weighted by Crippen LogP contribution is -2.54. The topological polar surface area (TPSA) is 34.1 Å². The fourth-order valence-electron chi connectivity index (χ4n) is 6.71. The molecule has 0 heterocycles. The molecule has 6 atom stereocenters. The van der Waals surface area contributed by atoms with Gasteiger partial charge in [-0.3, -0.25) is 9.59 Å². The largest absolute Gasteiger partial charge is 0.299 e. The van der Waals surface area contributed by atoms with Gasteiger partial charge in [0, 0.05) is 17.3 Å². The van der Waals surface area contributed by atoms with Gasteiger partial charge in [0.25, 0.3) is 0 Å². The van der Waals surface area contributed by atoms with Crippen molar-refractivity contribution in [3.8, 4) is 0 Å². The molecule has 134 valence electrons. The smallest absolute Gasteiger partial charge is 0.197 e. The number of hydrogen-bond acceptors (Lipinski definition) is 2. The number of hydrogen-bond donors (Lipinski definition) is 0. The number of fused-ring (bicyclic) bond motifs is 5. The summed E-state index contributed by atoms with van der Waals surface area (Å²) in [5.74, 6) is 1.90. The van der Waals surface area contributed by atoms with E-state index >= 15 is 0 Å². The molecule has 0 amide bonds. The van der Waals surface area contributed by atoms with Crippen LogP contribution >= 0.6 is 11.6 Å². The molecule has 0 aromatic carbocycles. The van der Waals surface area contributed by atoms with Crippen molar-refractivity contribution >= 4 is 23.2 Å². The Balaban J connectivity index is 1.89. The number of Topliss-reactive ketones (excluding diaryl/α,β-unsaturated/α-hetero) is 1. The summed E-state index contributed by atoms with van der Waals surface area (Å²) in [5, 5.41) is 0.360. The lowest BCUT2D eigenvalue weighted by Gasteiger charge is -2.60. The minimum Gasteiger partial charge on any atom is -0.299 e. The Bertz CT molecular complexity index is 773. The van der Waals surface area contributed by atoms with E-state index in [9.17, 15) is 9.59 Å². The van der Waals surface area contributed by atoms with E-state index in [1.165, 1.54) is 0 Å². The van der Waals surface area contributed by atoms with Crippen molar-refractivity contribution in [1.29, 1.82) is 0 Å². The van der Waals surface area contributed by atoms with Crippen LogP contribution in [0, 0.1) is 34.5 Å². The third-order valence-corrected chi connectivity index (χ3v) is 8.73. The van der Waals surface area contributed by atoms with Gasteiger partial charge in [0.2, 0.25) is 0 Å². The van der Waals surface area contributed by atoms with Crippen LogP contribution in [-0.2, 0) is 9.59 Å². The summed E-state index contributed by atoms with van der Waals surface area (Å²) in [4.78, 5) is 24.9. The third kappa shape index (κ3) is 1.92. The minimum atomic E-state index is -0.230. The average molecular weight is 359 g/mol. The van der Waals surface area contributed by atoms with Crippen LogP contribution in [0.5, 0.6) is 0 Å². The van der Waals surface area contributed by atoms with Crippen LogP contribution in [0.4, 0.5) is 0 Å². The molecule has 1 unspecified atom stereocenters. The van der Waals surface area contributed by atoms with E-state index < -0.39 is 0 Å². The fourth-order valence-corrected chi connectivity index (χ4v) is 7.08. The monoisotopic (exact) mass is 358 g/mol. The van der Waals surface area contributed by atoms with E-state index in [4.69, 9.17) is 11.6 Å². The second-order valence-electron chi connectivity index (χ2n) is 9.11. The molecule has 3 fully saturated rings. The van der Waals surface area contributed by atoms with Gasteiger partial charge in [-0.2, -0.15) is 0 Å². The second kappa shape index (κ2) is 5.19. The highest BCUT2D eigenvalue weighted by atomic mass is 35.5. The molecular formula is C22H27ClO2. The maximum Gasteiger partial charge on any atom is 0.197 e. The minimum absolute atomic E-state index is 0.0878. The van der Waals surface area contributed by atoms with E-state index in [-0.39, 0.29) is 22.5 Å². The van der Waals surface area contributed by atoms with Gasteiger partial charge in [-0.1, -0.05) is 44.5 Å². The predicted molar refractivity (Wildman–Crippen MR) is 100 cm³/mol. The van der Waals surface area contributed by atoms with Gasteiger partial charge in [-0.15, -0.1) is 0 Å². The van der Waals surface area contributed by atoms with Crippen molar-refractivity contribution in [2.24, 2.45) is 34.5 Å². The predicted octanol–water partition coefficient (Wildman–Crippen LogP) is 5.23. The summed E-state index contributed by atoms with van der Waals surface area (Å²) in [5.41, 5.74) is 2.69. The van der Waals surface area contributed by atoms with Crippen LogP contribution in [0.2, 0.25) is 0 Å². The Kier molecular flexibility index (Phi) is 3.59. The van der Waals surface area contributed by atoms with Gasteiger partial charge in [-0.05, 0) is 67.1 Å². The molecule has 4 aliphatic rings. The normalized spacial score (nSPS) is 46.6. The molecular weight excluding hydrogens is 332 g/mol. The first-order valence-corrected chi connectivity index (χ1v) is 9.87. The number of carbonyl (C=O) groups is 2. The molecule has 4 aliphatic carbocycles. The van der Waals surface area contributed by atoms with Crippen LogP contribution in [0.1, 0.15) is 53.4 Å². The molecule has 2 nitrogen and oxygen atoms in total. The van der Waals surface area contributed by atoms with Crippen molar-refractivity contribution in [2.75, 3.05) is 0 Å². The first-order valence-electron chi connectivity index (χ1n) is 9.50. The van der Waals surface area contributed by atoms with Crippen molar-refractivity contribution in [3.05, 3.63) is 34.4 Å². The molecule has 0 N–H and O–H groups in total. The zero-order valence-corrected chi connectivity index (χ0v) is 16.4. The molecule has 0 bridgehead atoms. The lowest BCUT2D eigenvalue weighted by atomic mass is 9.44. The Morgan fingerprint density at radius 3 is 2.56 bits per heavy atom. The number of carbonyl (C=O) groups excluding carboxylic acids is 2. The number of allylic oxidation sites excluding steroid dienone is 5. The Morgan fingerprint density at radius 1 is 1.20 bits per heavy atom. The van der Waals surface area contributed by atoms with Gasteiger partial charge in [0.1, 0.15) is 5.78 Å². The van der Waals surface area contributed by atoms with Crippen LogP contribution in [-0.4, -0.2) is 11.6 Å². The van der Waals surface area contributed by atoms with Crippen molar-refractivity contribution in [1.82, 2.24) is 0 Å². The zero-order valence-electron chi connectivity index (χ0n) is 15.6. The summed E-state index contributed by atoms with van der Waals surface area (Å²) in [6, 6.07) is 0. The molecule has 0 radical (unpaired) electrons. The second-order valence-corrected chi connectivity index (χ2v) is 9.48. The summed E-state index contributed by atoms with van der Waals surface area (Å²) in [7, 11) is 0. The molecule has 3 heteroatoms. The number of halogens is 1.